The van der Waals surface area contributed by atoms with Gasteiger partial charge in [-0.15, -0.1) is 0 Å². The summed E-state index contributed by atoms with van der Waals surface area (Å²) in [6, 6.07) is 4.80. The Balaban J connectivity index is 2.95. The summed E-state index contributed by atoms with van der Waals surface area (Å²) >= 11 is 5.71. The van der Waals surface area contributed by atoms with Gasteiger partial charge in [-0.3, -0.25) is 0 Å². The molecule has 1 heterocycles. The monoisotopic (exact) mass is 197 g/mol. The molecule has 1 aromatic carbocycles. The van der Waals surface area contributed by atoms with Crippen LogP contribution in [-0.2, 0) is 0 Å². The van der Waals surface area contributed by atoms with Crippen LogP contribution in [0.3, 0.4) is 0 Å². The Bertz CT molecular complexity index is 521. The molecule has 0 aliphatic heterocycles. The quantitative estimate of drug-likeness (QED) is 0.611. The highest BCUT2D eigenvalue weighted by Crippen LogP contribution is 2.13. The molecule has 13 heavy (non-hydrogen) atoms. The van der Waals surface area contributed by atoms with Crippen molar-refractivity contribution in [1.29, 1.82) is 0 Å². The normalized spacial score (nSPS) is 10.5. The van der Waals surface area contributed by atoms with Crippen molar-refractivity contribution in [3.63, 3.8) is 0 Å². The molecule has 3 N–H and O–H groups in total. The molecule has 2 aromatic rings. The molecule has 0 fully saturated rings. The number of nitrogens with zero attached hydrogens (tertiary/aromatic N) is 2. The van der Waals surface area contributed by atoms with Gasteiger partial charge in [0, 0.05) is 11.1 Å². The Morgan fingerprint density at radius 3 is 3.08 bits per heavy atom. The minimum atomic E-state index is 0.0739. The van der Waals surface area contributed by atoms with Crippen LogP contribution >= 0.6 is 11.6 Å². The van der Waals surface area contributed by atoms with E-state index in [1.165, 1.54) is 6.07 Å². The zero-order chi connectivity index (χ0) is 9.42. The van der Waals surface area contributed by atoms with Crippen molar-refractivity contribution in [3.8, 4) is 0 Å². The van der Waals surface area contributed by atoms with Crippen LogP contribution in [-0.4, -0.2) is 10.1 Å². The van der Waals surface area contributed by atoms with Crippen molar-refractivity contribution in [2.24, 2.45) is 0 Å². The highest BCUT2D eigenvalue weighted by Gasteiger charge is 2.09. The number of nitrogens with one attached hydrogen (secondary N) is 1. The van der Waals surface area contributed by atoms with Crippen LogP contribution in [0.2, 0.25) is 5.02 Å². The molecular weight excluding hydrogens is 192 g/mol. The van der Waals surface area contributed by atoms with Crippen LogP contribution in [0.15, 0.2) is 18.2 Å². The number of halogens is 1. The number of H-pyrrole nitrogens is 1. The lowest BCUT2D eigenvalue weighted by Crippen LogP contribution is -2.22. The van der Waals surface area contributed by atoms with E-state index < -0.39 is 0 Å². The second kappa shape index (κ2) is 2.70. The van der Waals surface area contributed by atoms with Gasteiger partial charge in [0.05, 0.1) is 4.91 Å². The number of nitrogens with two attached hydrogens (primary N) is 1. The Kier molecular flexibility index (Phi) is 1.66. The number of anilines is 1. The maximum atomic E-state index is 11.2. The Morgan fingerprint density at radius 1 is 1.54 bits per heavy atom. The van der Waals surface area contributed by atoms with Gasteiger partial charge >= 0.3 is 5.52 Å². The predicted molar refractivity (Wildman–Crippen MR) is 48.9 cm³/mol. The Morgan fingerprint density at radius 2 is 2.31 bits per heavy atom. The SMILES string of the molecule is Nc1nc2ccc(Cl)cc2[n+](=O)[nH]1. The van der Waals surface area contributed by atoms with E-state index >= 15 is 0 Å². The topological polar surface area (TPSA) is 77.7 Å². The molecule has 0 unspecified atom stereocenters. The van der Waals surface area contributed by atoms with Gasteiger partial charge in [0.25, 0.3) is 5.95 Å². The van der Waals surface area contributed by atoms with Gasteiger partial charge in [-0.25, -0.2) is 4.98 Å². The third kappa shape index (κ3) is 1.33. The van der Waals surface area contributed by atoms with Crippen molar-refractivity contribution in [1.82, 2.24) is 10.1 Å². The molecule has 66 valence electrons. The smallest absolute Gasteiger partial charge is 0.319 e. The first-order valence-electron chi connectivity index (χ1n) is 3.54. The van der Waals surface area contributed by atoms with Crippen LogP contribution in [0.5, 0.6) is 0 Å². The fourth-order valence-electron chi connectivity index (χ4n) is 1.07. The molecule has 0 bridgehead atoms. The maximum absolute atomic E-state index is 11.2. The summed E-state index contributed by atoms with van der Waals surface area (Å²) in [6.07, 6.45) is 0. The molecule has 0 aliphatic carbocycles. The fourth-order valence-corrected chi connectivity index (χ4v) is 1.24. The van der Waals surface area contributed by atoms with Gasteiger partial charge in [-0.05, 0) is 12.1 Å². The zero-order valence-corrected chi connectivity index (χ0v) is 7.25. The number of rotatable bonds is 0. The first kappa shape index (κ1) is 8.00. The second-order valence-corrected chi connectivity index (χ2v) is 2.97. The van der Waals surface area contributed by atoms with Crippen LogP contribution in [0.4, 0.5) is 5.95 Å². The van der Waals surface area contributed by atoms with Crippen molar-refractivity contribution < 1.29 is 4.54 Å². The molecule has 0 saturated carbocycles. The molecule has 0 amide bonds. The molecule has 1 aromatic heterocycles. The number of hydrogen-bond donors (Lipinski definition) is 2. The van der Waals surface area contributed by atoms with E-state index in [1.54, 1.807) is 12.1 Å². The minimum Gasteiger partial charge on any atom is -0.365 e. The Labute approximate surface area is 77.7 Å². The maximum Gasteiger partial charge on any atom is 0.319 e. The highest BCUT2D eigenvalue weighted by molar-refractivity contribution is 6.31. The fraction of sp³-hybridized carbons (Fsp3) is 0. The van der Waals surface area contributed by atoms with Crippen LogP contribution in [0.1, 0.15) is 0 Å². The van der Waals surface area contributed by atoms with Crippen molar-refractivity contribution in [2.45, 2.75) is 0 Å². The Hall–Kier alpha value is -1.62. The lowest BCUT2D eigenvalue weighted by molar-refractivity contribution is -0.535. The molecule has 0 radical (unpaired) electrons. The average Bonchev–Trinajstić information content (AvgIpc) is 2.06. The molecule has 0 aliphatic rings. The van der Waals surface area contributed by atoms with Crippen molar-refractivity contribution in [3.05, 3.63) is 28.1 Å². The number of benzene rings is 1. The van der Waals surface area contributed by atoms with E-state index in [2.05, 4.69) is 10.1 Å². The summed E-state index contributed by atoms with van der Waals surface area (Å²) < 4.78 is 0.531. The molecule has 0 spiro atoms. The predicted octanol–water partition coefficient (Wildman–Crippen LogP) is 0.713. The first-order chi connectivity index (χ1) is 6.16. The molecule has 6 heteroatoms. The van der Waals surface area contributed by atoms with E-state index in [0.717, 1.165) is 0 Å². The van der Waals surface area contributed by atoms with E-state index in [9.17, 15) is 4.91 Å². The highest BCUT2D eigenvalue weighted by atomic mass is 35.5. The van der Waals surface area contributed by atoms with E-state index in [1.807, 2.05) is 0 Å². The lowest BCUT2D eigenvalue weighted by Gasteiger charge is -1.90. The number of aromatic nitrogens is 3. The van der Waals surface area contributed by atoms with Gasteiger partial charge in [0.2, 0.25) is 0 Å². The van der Waals surface area contributed by atoms with Crippen LogP contribution in [0.25, 0.3) is 11.0 Å². The van der Waals surface area contributed by atoms with Crippen LogP contribution in [0, 0.1) is 4.91 Å². The van der Waals surface area contributed by atoms with E-state index in [-0.39, 0.29) is 5.95 Å². The molecule has 0 atom stereocenters. The number of hydrogen-bond acceptors (Lipinski definition) is 3. The van der Waals surface area contributed by atoms with Crippen molar-refractivity contribution in [2.75, 3.05) is 5.73 Å². The summed E-state index contributed by atoms with van der Waals surface area (Å²) in [7, 11) is 0. The summed E-state index contributed by atoms with van der Waals surface area (Å²) in [6.45, 7) is 0. The molecule has 0 saturated heterocycles. The van der Waals surface area contributed by atoms with Gasteiger partial charge in [0.15, 0.2) is 4.54 Å². The van der Waals surface area contributed by atoms with Gasteiger partial charge in [-0.2, -0.15) is 0 Å². The number of fused-ring (bicyclic) bond motifs is 1. The third-order valence-electron chi connectivity index (χ3n) is 1.61. The van der Waals surface area contributed by atoms with Gasteiger partial charge < -0.3 is 5.73 Å². The average molecular weight is 198 g/mol. The summed E-state index contributed by atoms with van der Waals surface area (Å²) in [5.74, 6) is 0.0739. The number of aromatic amines is 1. The lowest BCUT2D eigenvalue weighted by atomic mass is 10.3. The largest absolute Gasteiger partial charge is 0.365 e. The van der Waals surface area contributed by atoms with Gasteiger partial charge in [-0.1, -0.05) is 16.7 Å². The van der Waals surface area contributed by atoms with Crippen LogP contribution < -0.4 is 10.3 Å². The second-order valence-electron chi connectivity index (χ2n) is 2.54. The van der Waals surface area contributed by atoms with E-state index in [4.69, 9.17) is 17.3 Å². The van der Waals surface area contributed by atoms with Gasteiger partial charge in [0.1, 0.15) is 5.52 Å². The first-order valence-corrected chi connectivity index (χ1v) is 3.92. The molecule has 5 nitrogen and oxygen atoms in total. The number of nitrogen functional groups attached to an aromatic ring is 1. The summed E-state index contributed by atoms with van der Waals surface area (Å²) in [5, 5.41) is 2.79. The summed E-state index contributed by atoms with van der Waals surface area (Å²) in [4.78, 5) is 15.2. The third-order valence-corrected chi connectivity index (χ3v) is 1.85. The van der Waals surface area contributed by atoms with Crippen molar-refractivity contribution >= 4 is 28.6 Å². The summed E-state index contributed by atoms with van der Waals surface area (Å²) in [5.41, 5.74) is 6.21. The van der Waals surface area contributed by atoms with E-state index in [0.29, 0.717) is 20.6 Å². The molecular formula is C7H6ClN4O+. The standard InChI is InChI=1S/C7H6ClN4O/c8-4-1-2-5-6(3-4)12(13)11-7(9)10-5/h1-3H,(H3,9,10,11,13)/q+1. The zero-order valence-electron chi connectivity index (χ0n) is 6.49. The molecule has 2 rings (SSSR count). The minimum absolute atomic E-state index is 0.0739.